The van der Waals surface area contributed by atoms with Crippen LogP contribution in [0.5, 0.6) is 0 Å². The van der Waals surface area contributed by atoms with Gasteiger partial charge < -0.3 is 15.1 Å². The van der Waals surface area contributed by atoms with Crippen LogP contribution in [0.1, 0.15) is 60.6 Å². The minimum absolute atomic E-state index is 0.0486. The number of amides is 2. The summed E-state index contributed by atoms with van der Waals surface area (Å²) in [6.45, 7) is 8.67. The number of likely N-dealkylation sites (tertiary alicyclic amines) is 1. The second-order valence-corrected chi connectivity index (χ2v) is 12.1. The summed E-state index contributed by atoms with van der Waals surface area (Å²) in [4.78, 5) is 47.1. The predicted molar refractivity (Wildman–Crippen MR) is 157 cm³/mol. The van der Waals surface area contributed by atoms with E-state index in [0.717, 1.165) is 11.1 Å². The summed E-state index contributed by atoms with van der Waals surface area (Å²) >= 11 is 0. The van der Waals surface area contributed by atoms with Crippen molar-refractivity contribution in [2.75, 3.05) is 26.2 Å². The fourth-order valence-corrected chi connectivity index (χ4v) is 6.30. The molecule has 2 fully saturated rings. The summed E-state index contributed by atoms with van der Waals surface area (Å²) in [5.41, 5.74) is 2.07. The molecule has 0 bridgehead atoms. The first-order chi connectivity index (χ1) is 19.3. The second-order valence-electron chi connectivity index (χ2n) is 12.1. The molecule has 4 atom stereocenters. The highest BCUT2D eigenvalue weighted by Crippen LogP contribution is 2.52. The van der Waals surface area contributed by atoms with Gasteiger partial charge in [0, 0.05) is 44.1 Å². The molecular formula is C34H39N3O3. The Morgan fingerprint density at radius 3 is 1.85 bits per heavy atom. The van der Waals surface area contributed by atoms with E-state index in [1.165, 1.54) is 0 Å². The molecule has 0 aliphatic carbocycles. The van der Waals surface area contributed by atoms with Gasteiger partial charge in [0.1, 0.15) is 6.04 Å². The maximum absolute atomic E-state index is 14.5. The first-order valence-electron chi connectivity index (χ1n) is 14.3. The third-order valence-electron chi connectivity index (χ3n) is 8.00. The topological polar surface area (TPSA) is 69.7 Å². The number of carbonyl (C=O) groups excluding carboxylic acids is 3. The molecular weight excluding hydrogens is 498 g/mol. The van der Waals surface area contributed by atoms with E-state index in [-0.39, 0.29) is 29.4 Å². The SMILES string of the molecule is CC(C)(C)CC(=O)N1C(C(=O)N2CCNCC2)C(c2ccccc2)C(C(=O)c2ccccc2)C1c1ccccc1. The second kappa shape index (κ2) is 11.8. The Morgan fingerprint density at radius 1 is 0.775 bits per heavy atom. The molecule has 5 rings (SSSR count). The van der Waals surface area contributed by atoms with Crippen molar-refractivity contribution in [3.63, 3.8) is 0 Å². The quantitative estimate of drug-likeness (QED) is 0.445. The average molecular weight is 538 g/mol. The summed E-state index contributed by atoms with van der Waals surface area (Å²) in [6, 6.07) is 27.5. The number of rotatable bonds is 6. The Hall–Kier alpha value is -3.77. The number of hydrogen-bond acceptors (Lipinski definition) is 4. The molecule has 40 heavy (non-hydrogen) atoms. The van der Waals surface area contributed by atoms with Gasteiger partial charge in [0.15, 0.2) is 5.78 Å². The number of nitrogens with one attached hydrogen (secondary N) is 1. The van der Waals surface area contributed by atoms with Crippen molar-refractivity contribution in [3.05, 3.63) is 108 Å². The Labute approximate surface area is 237 Å². The molecule has 2 amide bonds. The molecule has 6 heteroatoms. The molecule has 0 aromatic heterocycles. The van der Waals surface area contributed by atoms with E-state index < -0.39 is 23.9 Å². The van der Waals surface area contributed by atoms with E-state index >= 15 is 0 Å². The van der Waals surface area contributed by atoms with Crippen molar-refractivity contribution >= 4 is 17.6 Å². The van der Waals surface area contributed by atoms with Gasteiger partial charge in [0.2, 0.25) is 11.8 Å². The van der Waals surface area contributed by atoms with Gasteiger partial charge in [-0.3, -0.25) is 14.4 Å². The Kier molecular flexibility index (Phi) is 8.17. The van der Waals surface area contributed by atoms with Gasteiger partial charge in [-0.2, -0.15) is 0 Å². The third kappa shape index (κ3) is 5.73. The Bertz CT molecular complexity index is 1310. The van der Waals surface area contributed by atoms with E-state index in [4.69, 9.17) is 0 Å². The van der Waals surface area contributed by atoms with Gasteiger partial charge in [0.25, 0.3) is 0 Å². The fourth-order valence-electron chi connectivity index (χ4n) is 6.30. The van der Waals surface area contributed by atoms with E-state index in [1.54, 1.807) is 4.90 Å². The first-order valence-corrected chi connectivity index (χ1v) is 14.3. The lowest BCUT2D eigenvalue weighted by Gasteiger charge is -2.37. The summed E-state index contributed by atoms with van der Waals surface area (Å²) in [5, 5.41) is 3.32. The molecule has 1 N–H and O–H groups in total. The number of ketones is 1. The Balaban J connectivity index is 1.74. The first kappa shape index (κ1) is 27.8. The average Bonchev–Trinajstić information content (AvgIpc) is 3.34. The van der Waals surface area contributed by atoms with Crippen LogP contribution in [0, 0.1) is 11.3 Å². The number of benzene rings is 3. The number of carbonyl (C=O) groups is 3. The lowest BCUT2D eigenvalue weighted by Crippen LogP contribution is -2.55. The predicted octanol–water partition coefficient (Wildman–Crippen LogP) is 5.09. The van der Waals surface area contributed by atoms with Crippen molar-refractivity contribution in [2.24, 2.45) is 11.3 Å². The van der Waals surface area contributed by atoms with Crippen molar-refractivity contribution < 1.29 is 14.4 Å². The van der Waals surface area contributed by atoms with Crippen LogP contribution >= 0.6 is 0 Å². The molecule has 208 valence electrons. The van der Waals surface area contributed by atoms with Crippen LogP contribution in [0.15, 0.2) is 91.0 Å². The smallest absolute Gasteiger partial charge is 0.246 e. The molecule has 2 heterocycles. The number of Topliss-reactive ketones (excluding diaryl/α,β-unsaturated/α-hetero) is 1. The van der Waals surface area contributed by atoms with Crippen LogP contribution in [0.3, 0.4) is 0 Å². The molecule has 4 unspecified atom stereocenters. The minimum Gasteiger partial charge on any atom is -0.338 e. The van der Waals surface area contributed by atoms with Gasteiger partial charge in [-0.1, -0.05) is 112 Å². The van der Waals surface area contributed by atoms with E-state index in [1.807, 2.05) is 117 Å². The van der Waals surface area contributed by atoms with Crippen LogP contribution in [-0.4, -0.2) is 59.6 Å². The summed E-state index contributed by atoms with van der Waals surface area (Å²) < 4.78 is 0. The number of nitrogens with zero attached hydrogens (tertiary/aromatic N) is 2. The highest BCUT2D eigenvalue weighted by atomic mass is 16.2. The zero-order valence-corrected chi connectivity index (χ0v) is 23.6. The molecule has 0 radical (unpaired) electrons. The monoisotopic (exact) mass is 537 g/mol. The standard InChI is InChI=1S/C34H39N3O3/c1-34(2,3)23-27(38)37-30(25-15-9-5-10-16-25)29(32(39)26-17-11-6-12-18-26)28(24-13-7-4-8-14-24)31(37)33(40)36-21-19-35-20-22-36/h4-18,28-31,35H,19-23H2,1-3H3. The van der Waals surface area contributed by atoms with Gasteiger partial charge in [-0.05, 0) is 16.5 Å². The van der Waals surface area contributed by atoms with Crippen LogP contribution < -0.4 is 5.32 Å². The molecule has 2 aliphatic heterocycles. The summed E-state index contributed by atoms with van der Waals surface area (Å²) in [5.74, 6) is -1.35. The maximum Gasteiger partial charge on any atom is 0.246 e. The summed E-state index contributed by atoms with van der Waals surface area (Å²) in [7, 11) is 0. The molecule has 0 saturated carbocycles. The maximum atomic E-state index is 14.5. The van der Waals surface area contributed by atoms with E-state index in [2.05, 4.69) is 5.32 Å². The van der Waals surface area contributed by atoms with Crippen molar-refractivity contribution in [3.8, 4) is 0 Å². The normalized spacial score (nSPS) is 23.2. The number of hydrogen-bond donors (Lipinski definition) is 1. The summed E-state index contributed by atoms with van der Waals surface area (Å²) in [6.07, 6.45) is 0.273. The Morgan fingerprint density at radius 2 is 1.30 bits per heavy atom. The molecule has 3 aromatic rings. The number of piperazine rings is 1. The van der Waals surface area contributed by atoms with Crippen LogP contribution in [0.4, 0.5) is 0 Å². The van der Waals surface area contributed by atoms with E-state index in [9.17, 15) is 14.4 Å². The van der Waals surface area contributed by atoms with Gasteiger partial charge in [-0.15, -0.1) is 0 Å². The highest BCUT2D eigenvalue weighted by molar-refractivity contribution is 6.02. The minimum atomic E-state index is -0.793. The lowest BCUT2D eigenvalue weighted by atomic mass is 9.76. The van der Waals surface area contributed by atoms with Gasteiger partial charge >= 0.3 is 0 Å². The molecule has 3 aromatic carbocycles. The van der Waals surface area contributed by atoms with Crippen molar-refractivity contribution in [2.45, 2.75) is 45.2 Å². The van der Waals surface area contributed by atoms with E-state index in [0.29, 0.717) is 31.7 Å². The van der Waals surface area contributed by atoms with Crippen LogP contribution in [0.2, 0.25) is 0 Å². The fraction of sp³-hybridized carbons (Fsp3) is 0.382. The zero-order valence-electron chi connectivity index (χ0n) is 23.6. The van der Waals surface area contributed by atoms with Crippen molar-refractivity contribution in [1.29, 1.82) is 0 Å². The van der Waals surface area contributed by atoms with Gasteiger partial charge in [-0.25, -0.2) is 0 Å². The molecule has 0 spiro atoms. The van der Waals surface area contributed by atoms with Crippen LogP contribution in [-0.2, 0) is 9.59 Å². The van der Waals surface area contributed by atoms with Gasteiger partial charge in [0.05, 0.1) is 12.0 Å². The third-order valence-corrected chi connectivity index (χ3v) is 8.00. The molecule has 6 nitrogen and oxygen atoms in total. The lowest BCUT2D eigenvalue weighted by molar-refractivity contribution is -0.147. The largest absolute Gasteiger partial charge is 0.338 e. The zero-order chi connectivity index (χ0) is 28.3. The van der Waals surface area contributed by atoms with Crippen LogP contribution in [0.25, 0.3) is 0 Å². The molecule has 2 aliphatic rings. The van der Waals surface area contributed by atoms with Crippen molar-refractivity contribution in [1.82, 2.24) is 15.1 Å². The highest BCUT2D eigenvalue weighted by Gasteiger charge is 2.58. The molecule has 2 saturated heterocycles.